The van der Waals surface area contributed by atoms with Crippen LogP contribution in [0.3, 0.4) is 0 Å². The molecular formula is C28H41N5O4S. The van der Waals surface area contributed by atoms with Gasteiger partial charge in [-0.15, -0.1) is 10.2 Å². The molecule has 10 heteroatoms. The van der Waals surface area contributed by atoms with E-state index in [0.717, 1.165) is 24.9 Å². The van der Waals surface area contributed by atoms with Gasteiger partial charge in [-0.25, -0.2) is 0 Å². The first kappa shape index (κ1) is 29.8. The first-order chi connectivity index (χ1) is 18.0. The monoisotopic (exact) mass is 543 g/mol. The molecule has 38 heavy (non-hydrogen) atoms. The van der Waals surface area contributed by atoms with Crippen LogP contribution in [0.25, 0.3) is 0 Å². The van der Waals surface area contributed by atoms with Gasteiger partial charge in [-0.3, -0.25) is 14.4 Å². The maximum Gasteiger partial charge on any atom is 0.286 e. The predicted molar refractivity (Wildman–Crippen MR) is 148 cm³/mol. The Morgan fingerprint density at radius 1 is 1.05 bits per heavy atom. The zero-order valence-electron chi connectivity index (χ0n) is 23.3. The molecule has 0 bridgehead atoms. The van der Waals surface area contributed by atoms with Crippen LogP contribution in [0.2, 0.25) is 0 Å². The minimum absolute atomic E-state index is 0.0923. The van der Waals surface area contributed by atoms with Crippen LogP contribution in [-0.2, 0) is 11.3 Å². The number of nitrogens with zero attached hydrogens (tertiary/aromatic N) is 3. The molecule has 2 amide bonds. The largest absolute Gasteiger partial charge is 0.408 e. The lowest BCUT2D eigenvalue weighted by atomic mass is 9.83. The van der Waals surface area contributed by atoms with Crippen molar-refractivity contribution in [3.63, 3.8) is 0 Å². The van der Waals surface area contributed by atoms with E-state index in [0.29, 0.717) is 30.0 Å². The van der Waals surface area contributed by atoms with Gasteiger partial charge in [-0.2, -0.15) is 0 Å². The van der Waals surface area contributed by atoms with E-state index in [1.54, 1.807) is 0 Å². The van der Waals surface area contributed by atoms with Gasteiger partial charge in [-0.1, -0.05) is 64.4 Å². The second-order valence-corrected chi connectivity index (χ2v) is 12.5. The van der Waals surface area contributed by atoms with E-state index in [-0.39, 0.29) is 40.7 Å². The molecule has 0 spiro atoms. The Balaban J connectivity index is 1.68. The van der Waals surface area contributed by atoms with Crippen LogP contribution in [-0.4, -0.2) is 64.1 Å². The van der Waals surface area contributed by atoms with Crippen molar-refractivity contribution in [3.05, 3.63) is 41.3 Å². The van der Waals surface area contributed by atoms with Crippen molar-refractivity contribution < 1.29 is 18.8 Å². The number of nitrogens with one attached hydrogen (secondary N) is 2. The van der Waals surface area contributed by atoms with Gasteiger partial charge in [0.25, 0.3) is 17.0 Å². The third-order valence-electron chi connectivity index (χ3n) is 6.43. The molecule has 1 aliphatic rings. The zero-order chi connectivity index (χ0) is 27.8. The number of aromatic nitrogens is 2. The number of thioether (sulfide) groups is 1. The van der Waals surface area contributed by atoms with Crippen LogP contribution in [0.5, 0.6) is 0 Å². The molecule has 0 aliphatic heterocycles. The van der Waals surface area contributed by atoms with Gasteiger partial charge in [0.15, 0.2) is 0 Å². The lowest BCUT2D eigenvalue weighted by molar-refractivity contribution is -0.127. The summed E-state index contributed by atoms with van der Waals surface area (Å²) in [5.74, 6) is -1.16. The Morgan fingerprint density at radius 2 is 1.74 bits per heavy atom. The van der Waals surface area contributed by atoms with Gasteiger partial charge in [-0.05, 0) is 57.0 Å². The molecular weight excluding hydrogens is 502 g/mol. The van der Waals surface area contributed by atoms with Gasteiger partial charge >= 0.3 is 0 Å². The van der Waals surface area contributed by atoms with Crippen LogP contribution >= 0.6 is 11.8 Å². The third-order valence-corrected chi connectivity index (χ3v) is 7.27. The second-order valence-electron chi connectivity index (χ2n) is 11.0. The molecule has 208 valence electrons. The SMILES string of the molecule is CC(C)C[C@H](NC(=O)[C@@H]1CCCC[C@@H]1NC(=O)c1ccc(CN(C)C)cc1)C(=O)c1nnc(SC(C)C)o1. The Hall–Kier alpha value is -2.72. The molecule has 0 saturated heterocycles. The number of hydrogen-bond acceptors (Lipinski definition) is 8. The highest BCUT2D eigenvalue weighted by Crippen LogP contribution is 2.26. The molecule has 0 radical (unpaired) electrons. The average molecular weight is 544 g/mol. The predicted octanol–water partition coefficient (Wildman–Crippen LogP) is 4.33. The van der Waals surface area contributed by atoms with Crippen LogP contribution in [0.1, 0.15) is 86.4 Å². The first-order valence-electron chi connectivity index (χ1n) is 13.4. The summed E-state index contributed by atoms with van der Waals surface area (Å²) < 4.78 is 5.58. The minimum atomic E-state index is -0.776. The summed E-state index contributed by atoms with van der Waals surface area (Å²) >= 11 is 1.38. The van der Waals surface area contributed by atoms with Gasteiger partial charge < -0.3 is 20.0 Å². The van der Waals surface area contributed by atoms with Gasteiger partial charge in [0.2, 0.25) is 11.7 Å². The molecule has 2 aromatic rings. The van der Waals surface area contributed by atoms with Crippen LogP contribution in [0.4, 0.5) is 0 Å². The van der Waals surface area contributed by atoms with E-state index < -0.39 is 12.0 Å². The fourth-order valence-corrected chi connectivity index (χ4v) is 5.30. The standard InChI is InChI=1S/C28H41N5O4S/c1-17(2)15-23(24(34)27-31-32-28(37-27)38-18(3)4)30-26(36)21-9-7-8-10-22(21)29-25(35)20-13-11-19(12-14-20)16-33(5)6/h11-14,17-18,21-23H,7-10,15-16H2,1-6H3,(H,29,35)(H,30,36)/t21-,22+,23+/m1/s1. The Labute approximate surface area is 229 Å². The van der Waals surface area contributed by atoms with Gasteiger partial charge in [0.1, 0.15) is 0 Å². The number of Topliss-reactive ketones (excluding diaryl/α,β-unsaturated/α-hetero) is 1. The van der Waals surface area contributed by atoms with Crippen molar-refractivity contribution in [3.8, 4) is 0 Å². The van der Waals surface area contributed by atoms with E-state index in [1.807, 2.05) is 66.1 Å². The maximum atomic E-state index is 13.5. The summed E-state index contributed by atoms with van der Waals surface area (Å²) in [5, 5.41) is 14.5. The third kappa shape index (κ3) is 8.66. The Bertz CT molecular complexity index is 1080. The van der Waals surface area contributed by atoms with Crippen molar-refractivity contribution in [2.75, 3.05) is 14.1 Å². The number of amides is 2. The molecule has 3 rings (SSSR count). The van der Waals surface area contributed by atoms with Gasteiger partial charge in [0.05, 0.1) is 12.0 Å². The highest BCUT2D eigenvalue weighted by molar-refractivity contribution is 7.99. The minimum Gasteiger partial charge on any atom is -0.408 e. The molecule has 2 N–H and O–H groups in total. The lowest BCUT2D eigenvalue weighted by Crippen LogP contribution is -2.52. The lowest BCUT2D eigenvalue weighted by Gasteiger charge is -2.32. The number of hydrogen-bond donors (Lipinski definition) is 2. The summed E-state index contributed by atoms with van der Waals surface area (Å²) in [6, 6.07) is 6.46. The number of carbonyl (C=O) groups excluding carboxylic acids is 3. The Kier molecular flexibility index (Phi) is 10.9. The molecule has 1 saturated carbocycles. The van der Waals surface area contributed by atoms with E-state index in [4.69, 9.17) is 4.42 Å². The summed E-state index contributed by atoms with van der Waals surface area (Å²) in [4.78, 5) is 41.8. The normalized spacial score (nSPS) is 18.6. The summed E-state index contributed by atoms with van der Waals surface area (Å²) in [6.07, 6.45) is 3.64. The van der Waals surface area contributed by atoms with E-state index in [1.165, 1.54) is 11.8 Å². The number of ketones is 1. The molecule has 1 aliphatic carbocycles. The van der Waals surface area contributed by atoms with Crippen molar-refractivity contribution in [1.29, 1.82) is 0 Å². The molecule has 0 unspecified atom stereocenters. The van der Waals surface area contributed by atoms with Crippen molar-refractivity contribution in [2.24, 2.45) is 11.8 Å². The second kappa shape index (κ2) is 13.9. The fraction of sp³-hybridized carbons (Fsp3) is 0.607. The fourth-order valence-electron chi connectivity index (χ4n) is 4.69. The summed E-state index contributed by atoms with van der Waals surface area (Å²) in [6.45, 7) is 8.78. The van der Waals surface area contributed by atoms with E-state index >= 15 is 0 Å². The topological polar surface area (TPSA) is 117 Å². The number of benzene rings is 1. The molecule has 1 fully saturated rings. The van der Waals surface area contributed by atoms with Gasteiger partial charge in [0, 0.05) is 23.4 Å². The molecule has 3 atom stereocenters. The van der Waals surface area contributed by atoms with Crippen molar-refractivity contribution >= 4 is 29.4 Å². The van der Waals surface area contributed by atoms with E-state index in [9.17, 15) is 14.4 Å². The average Bonchev–Trinajstić information content (AvgIpc) is 3.31. The molecule has 1 heterocycles. The smallest absolute Gasteiger partial charge is 0.286 e. The van der Waals surface area contributed by atoms with Crippen LogP contribution in [0.15, 0.2) is 33.9 Å². The Morgan fingerprint density at radius 3 is 2.37 bits per heavy atom. The highest BCUT2D eigenvalue weighted by Gasteiger charge is 2.35. The summed E-state index contributed by atoms with van der Waals surface area (Å²) in [7, 11) is 4.00. The number of rotatable bonds is 12. The quantitative estimate of drug-likeness (QED) is 0.300. The maximum absolute atomic E-state index is 13.5. The summed E-state index contributed by atoms with van der Waals surface area (Å²) in [5.41, 5.74) is 1.69. The molecule has 9 nitrogen and oxygen atoms in total. The van der Waals surface area contributed by atoms with Crippen LogP contribution in [0, 0.1) is 11.8 Å². The van der Waals surface area contributed by atoms with Crippen LogP contribution < -0.4 is 10.6 Å². The van der Waals surface area contributed by atoms with E-state index in [2.05, 4.69) is 25.7 Å². The molecule has 1 aromatic carbocycles. The number of carbonyl (C=O) groups is 3. The first-order valence-corrected chi connectivity index (χ1v) is 14.3. The zero-order valence-corrected chi connectivity index (χ0v) is 24.1. The van der Waals surface area contributed by atoms with Crippen molar-refractivity contribution in [1.82, 2.24) is 25.7 Å². The highest BCUT2D eigenvalue weighted by atomic mass is 32.2. The molecule has 1 aromatic heterocycles. The van der Waals surface area contributed by atoms with Crippen molar-refractivity contribution in [2.45, 2.75) is 88.9 Å².